The summed E-state index contributed by atoms with van der Waals surface area (Å²) in [6.45, 7) is 3.59. The lowest BCUT2D eigenvalue weighted by molar-refractivity contribution is -0.139. The molecule has 0 spiro atoms. The molecule has 0 radical (unpaired) electrons. The number of aromatic hydroxyl groups is 1. The van der Waals surface area contributed by atoms with Crippen LogP contribution in [0.3, 0.4) is 0 Å². The molecule has 3 rings (SSSR count). The predicted octanol–water partition coefficient (Wildman–Crippen LogP) is 5.49. The summed E-state index contributed by atoms with van der Waals surface area (Å²) in [6.07, 6.45) is 1.86. The van der Waals surface area contributed by atoms with Crippen LogP contribution in [0.2, 0.25) is 5.02 Å². The van der Waals surface area contributed by atoms with Gasteiger partial charge in [-0.05, 0) is 43.2 Å². The number of hydrogen-bond acceptors (Lipinski definition) is 3. The Kier molecular flexibility index (Phi) is 5.94. The zero-order valence-electron chi connectivity index (χ0n) is 16.1. The molecule has 1 aromatic heterocycles. The summed E-state index contributed by atoms with van der Waals surface area (Å²) in [7, 11) is 0. The van der Waals surface area contributed by atoms with Crippen LogP contribution in [0.25, 0.3) is 10.9 Å². The van der Waals surface area contributed by atoms with Crippen LogP contribution in [-0.4, -0.2) is 26.7 Å². The monoisotopic (exact) mass is 417 g/mol. The van der Waals surface area contributed by atoms with Gasteiger partial charge in [0, 0.05) is 27.7 Å². The van der Waals surface area contributed by atoms with E-state index in [9.17, 15) is 24.2 Å². The molecular formula is C22H21ClFNO4. The molecule has 152 valence electrons. The maximum atomic E-state index is 14.1. The number of halogens is 2. The minimum atomic E-state index is -1.03. The number of rotatable bonds is 6. The van der Waals surface area contributed by atoms with Crippen molar-refractivity contribution in [3.8, 4) is 5.75 Å². The Morgan fingerprint density at radius 3 is 2.59 bits per heavy atom. The Morgan fingerprint density at radius 1 is 1.24 bits per heavy atom. The number of fused-ring (bicyclic) bond motifs is 1. The molecule has 0 saturated carbocycles. The highest BCUT2D eigenvalue weighted by atomic mass is 35.5. The van der Waals surface area contributed by atoms with Crippen LogP contribution in [0.5, 0.6) is 5.75 Å². The van der Waals surface area contributed by atoms with Gasteiger partial charge in [0.15, 0.2) is 11.6 Å². The summed E-state index contributed by atoms with van der Waals surface area (Å²) in [5.41, 5.74) is 1.31. The fraction of sp³-hybridized carbons (Fsp3) is 0.273. The Balaban J connectivity index is 2.30. The highest BCUT2D eigenvalue weighted by Gasteiger charge is 2.30. The second-order valence-electron chi connectivity index (χ2n) is 7.00. The maximum absolute atomic E-state index is 14.1. The lowest BCUT2D eigenvalue weighted by Crippen LogP contribution is -2.16. The molecule has 0 aliphatic heterocycles. The van der Waals surface area contributed by atoms with Crippen LogP contribution >= 0.6 is 11.6 Å². The molecule has 3 aromatic rings. The third-order valence-electron chi connectivity index (χ3n) is 5.09. The zero-order valence-corrected chi connectivity index (χ0v) is 16.8. The van der Waals surface area contributed by atoms with Crippen molar-refractivity contribution in [2.24, 2.45) is 0 Å². The minimum Gasteiger partial charge on any atom is -0.505 e. The number of carbonyl (C=O) groups excluding carboxylic acids is 1. The Bertz CT molecular complexity index is 1110. The standard InChI is InChI=1S/C22H21ClFNO4/c1-3-4-8-15(22(28)29)20-12(2)25(18-11-17(24)19(26)10-16(18)20)21(27)13-6-5-7-14(23)9-13/h5-7,9-11,15,26H,3-4,8H2,1-2H3,(H,28,29). The molecule has 29 heavy (non-hydrogen) atoms. The van der Waals surface area contributed by atoms with E-state index >= 15 is 0 Å². The van der Waals surface area contributed by atoms with E-state index in [-0.39, 0.29) is 11.1 Å². The molecule has 0 bridgehead atoms. The Labute approximate surface area is 172 Å². The molecule has 0 aliphatic rings. The summed E-state index contributed by atoms with van der Waals surface area (Å²) in [4.78, 5) is 25.2. The fourth-order valence-electron chi connectivity index (χ4n) is 3.70. The number of phenols is 1. The molecule has 7 heteroatoms. The van der Waals surface area contributed by atoms with Crippen LogP contribution in [0.4, 0.5) is 4.39 Å². The average Bonchev–Trinajstić information content (AvgIpc) is 2.93. The summed E-state index contributed by atoms with van der Waals surface area (Å²) in [6, 6.07) is 8.59. The largest absolute Gasteiger partial charge is 0.505 e. The molecule has 1 unspecified atom stereocenters. The highest BCUT2D eigenvalue weighted by molar-refractivity contribution is 6.31. The van der Waals surface area contributed by atoms with Crippen molar-refractivity contribution in [1.29, 1.82) is 0 Å². The molecule has 5 nitrogen and oxygen atoms in total. The molecular weight excluding hydrogens is 397 g/mol. The van der Waals surface area contributed by atoms with Crippen LogP contribution < -0.4 is 0 Å². The van der Waals surface area contributed by atoms with Crippen LogP contribution in [0.1, 0.15) is 53.7 Å². The van der Waals surface area contributed by atoms with E-state index in [1.165, 1.54) is 16.7 Å². The van der Waals surface area contributed by atoms with E-state index < -0.39 is 29.4 Å². The third-order valence-corrected chi connectivity index (χ3v) is 5.32. The first-order valence-corrected chi connectivity index (χ1v) is 9.70. The van der Waals surface area contributed by atoms with Gasteiger partial charge in [0.25, 0.3) is 5.91 Å². The number of phenolic OH excluding ortho intramolecular Hbond substituents is 1. The second kappa shape index (κ2) is 8.25. The third kappa shape index (κ3) is 3.85. The molecule has 0 saturated heterocycles. The van der Waals surface area contributed by atoms with Crippen molar-refractivity contribution in [2.45, 2.75) is 39.0 Å². The van der Waals surface area contributed by atoms with Gasteiger partial charge in [0.2, 0.25) is 0 Å². The highest BCUT2D eigenvalue weighted by Crippen LogP contribution is 2.38. The van der Waals surface area contributed by atoms with Gasteiger partial charge in [0.1, 0.15) is 0 Å². The zero-order chi connectivity index (χ0) is 21.3. The van der Waals surface area contributed by atoms with Gasteiger partial charge in [-0.25, -0.2) is 4.39 Å². The first-order valence-electron chi connectivity index (χ1n) is 9.32. The summed E-state index contributed by atoms with van der Waals surface area (Å²) < 4.78 is 15.4. The van der Waals surface area contributed by atoms with Gasteiger partial charge < -0.3 is 10.2 Å². The fourth-order valence-corrected chi connectivity index (χ4v) is 3.89. The van der Waals surface area contributed by atoms with Crippen molar-refractivity contribution in [3.05, 3.63) is 64.1 Å². The van der Waals surface area contributed by atoms with E-state index in [1.54, 1.807) is 25.1 Å². The van der Waals surface area contributed by atoms with Gasteiger partial charge in [0.05, 0.1) is 11.4 Å². The summed E-state index contributed by atoms with van der Waals surface area (Å²) >= 11 is 6.00. The van der Waals surface area contributed by atoms with E-state index in [2.05, 4.69) is 0 Å². The number of nitrogens with zero attached hydrogens (tertiary/aromatic N) is 1. The molecule has 0 amide bonds. The van der Waals surface area contributed by atoms with Gasteiger partial charge in [-0.15, -0.1) is 0 Å². The van der Waals surface area contributed by atoms with E-state index in [0.717, 1.165) is 12.5 Å². The quantitative estimate of drug-likeness (QED) is 0.555. The number of hydrogen-bond donors (Lipinski definition) is 2. The summed E-state index contributed by atoms with van der Waals surface area (Å²) in [5, 5.41) is 20.4. The summed E-state index contributed by atoms with van der Waals surface area (Å²) in [5.74, 6) is -3.84. The maximum Gasteiger partial charge on any atom is 0.311 e. The van der Waals surface area contributed by atoms with Crippen LogP contribution in [0.15, 0.2) is 36.4 Å². The van der Waals surface area contributed by atoms with Crippen LogP contribution in [-0.2, 0) is 4.79 Å². The second-order valence-corrected chi connectivity index (χ2v) is 7.44. The number of aromatic nitrogens is 1. The van der Waals surface area contributed by atoms with Crippen molar-refractivity contribution in [3.63, 3.8) is 0 Å². The van der Waals surface area contributed by atoms with Gasteiger partial charge >= 0.3 is 5.97 Å². The minimum absolute atomic E-state index is 0.209. The van der Waals surface area contributed by atoms with Crippen molar-refractivity contribution >= 4 is 34.4 Å². The van der Waals surface area contributed by atoms with Crippen molar-refractivity contribution in [1.82, 2.24) is 4.57 Å². The molecule has 1 atom stereocenters. The van der Waals surface area contributed by atoms with E-state index in [4.69, 9.17) is 11.6 Å². The normalized spacial score (nSPS) is 12.3. The molecule has 0 fully saturated rings. The number of aliphatic carboxylic acids is 1. The Hall–Kier alpha value is -2.86. The predicted molar refractivity (Wildman–Crippen MR) is 109 cm³/mol. The van der Waals surface area contributed by atoms with E-state index in [0.29, 0.717) is 34.5 Å². The Morgan fingerprint density at radius 2 is 1.97 bits per heavy atom. The first kappa shape index (κ1) is 20.9. The number of unbranched alkanes of at least 4 members (excludes halogenated alkanes) is 1. The first-order chi connectivity index (χ1) is 13.8. The lowest BCUT2D eigenvalue weighted by atomic mass is 9.91. The smallest absolute Gasteiger partial charge is 0.311 e. The van der Waals surface area contributed by atoms with E-state index in [1.807, 2.05) is 6.92 Å². The number of carboxylic acid groups (broad SMARTS) is 1. The lowest BCUT2D eigenvalue weighted by Gasteiger charge is -2.13. The average molecular weight is 418 g/mol. The number of carbonyl (C=O) groups is 2. The molecule has 2 N–H and O–H groups in total. The van der Waals surface area contributed by atoms with Gasteiger partial charge in [-0.1, -0.05) is 37.4 Å². The topological polar surface area (TPSA) is 79.5 Å². The van der Waals surface area contributed by atoms with Gasteiger partial charge in [-0.3, -0.25) is 14.2 Å². The molecule has 2 aromatic carbocycles. The molecule has 1 heterocycles. The van der Waals surface area contributed by atoms with Crippen molar-refractivity contribution in [2.75, 3.05) is 0 Å². The van der Waals surface area contributed by atoms with Crippen LogP contribution in [0, 0.1) is 12.7 Å². The van der Waals surface area contributed by atoms with Gasteiger partial charge in [-0.2, -0.15) is 0 Å². The molecule has 0 aliphatic carbocycles. The SMILES string of the molecule is CCCCC(C(=O)O)c1c(C)n(C(=O)c2cccc(Cl)c2)c2cc(F)c(O)cc12. The number of benzene rings is 2. The van der Waals surface area contributed by atoms with Crippen molar-refractivity contribution < 1.29 is 24.2 Å². The number of carboxylic acids is 1.